The minimum absolute atomic E-state index is 0.149. The van der Waals surface area contributed by atoms with Gasteiger partial charge in [-0.1, -0.05) is 0 Å². The second-order valence-corrected chi connectivity index (χ2v) is 4.27. The summed E-state index contributed by atoms with van der Waals surface area (Å²) in [6.45, 7) is 0.766. The van der Waals surface area contributed by atoms with Crippen LogP contribution in [0.5, 0.6) is 0 Å². The number of aliphatic hydroxyl groups excluding tert-OH is 1. The van der Waals surface area contributed by atoms with E-state index in [-0.39, 0.29) is 6.61 Å². The van der Waals surface area contributed by atoms with E-state index in [9.17, 15) is 0 Å². The zero-order valence-corrected chi connectivity index (χ0v) is 9.31. The summed E-state index contributed by atoms with van der Waals surface area (Å²) in [7, 11) is 0. The van der Waals surface area contributed by atoms with Crippen molar-refractivity contribution in [2.45, 2.75) is 18.9 Å². The van der Waals surface area contributed by atoms with Crippen molar-refractivity contribution >= 4 is 21.9 Å². The first-order chi connectivity index (χ1) is 6.81. The molecular formula is C9H12BrN3O. The van der Waals surface area contributed by atoms with Gasteiger partial charge in [-0.2, -0.15) is 0 Å². The highest BCUT2D eigenvalue weighted by Gasteiger charge is 2.30. The fourth-order valence-electron chi connectivity index (χ4n) is 1.39. The van der Waals surface area contributed by atoms with Crippen molar-refractivity contribution in [1.29, 1.82) is 0 Å². The molecule has 0 unspecified atom stereocenters. The lowest BCUT2D eigenvalue weighted by Gasteiger charge is -2.20. The number of aliphatic hydroxyl groups is 1. The van der Waals surface area contributed by atoms with E-state index in [0.29, 0.717) is 18.5 Å². The molecule has 1 aliphatic carbocycles. The monoisotopic (exact) mass is 257 g/mol. The van der Waals surface area contributed by atoms with Crippen molar-refractivity contribution in [1.82, 2.24) is 9.97 Å². The van der Waals surface area contributed by atoms with Crippen LogP contribution >= 0.6 is 15.9 Å². The summed E-state index contributed by atoms with van der Waals surface area (Å²) in [4.78, 5) is 10.5. The molecule has 1 aliphatic rings. The minimum Gasteiger partial charge on any atom is -0.395 e. The quantitative estimate of drug-likeness (QED) is 0.881. The molecule has 0 bridgehead atoms. The van der Waals surface area contributed by atoms with E-state index in [1.54, 1.807) is 12.4 Å². The van der Waals surface area contributed by atoms with E-state index in [1.807, 2.05) is 0 Å². The first-order valence-electron chi connectivity index (χ1n) is 4.66. The number of hydrogen-bond acceptors (Lipinski definition) is 4. The van der Waals surface area contributed by atoms with Crippen molar-refractivity contribution in [3.05, 3.63) is 16.9 Å². The molecule has 14 heavy (non-hydrogen) atoms. The Morgan fingerprint density at radius 3 is 2.57 bits per heavy atom. The van der Waals surface area contributed by atoms with Crippen molar-refractivity contribution in [3.8, 4) is 0 Å². The first-order valence-corrected chi connectivity index (χ1v) is 5.45. The topological polar surface area (TPSA) is 49.2 Å². The van der Waals surface area contributed by atoms with Gasteiger partial charge in [0.15, 0.2) is 0 Å². The molecule has 0 aliphatic heterocycles. The Balaban J connectivity index is 2.13. The van der Waals surface area contributed by atoms with E-state index < -0.39 is 0 Å². The van der Waals surface area contributed by atoms with E-state index in [1.165, 1.54) is 12.8 Å². The molecule has 1 fully saturated rings. The number of halogens is 1. The van der Waals surface area contributed by atoms with Crippen molar-refractivity contribution < 1.29 is 5.11 Å². The standard InChI is InChI=1S/C9H12BrN3O/c10-7-5-11-9(12-6-7)13(3-4-14)8-1-2-8/h5-6,8,14H,1-4H2. The zero-order valence-electron chi connectivity index (χ0n) is 7.73. The Morgan fingerprint density at radius 2 is 2.07 bits per heavy atom. The third-order valence-corrected chi connectivity index (χ3v) is 2.60. The maximum atomic E-state index is 8.92. The molecule has 1 N–H and O–H groups in total. The van der Waals surface area contributed by atoms with Gasteiger partial charge in [-0.05, 0) is 28.8 Å². The summed E-state index contributed by atoms with van der Waals surface area (Å²) in [5.74, 6) is 0.713. The van der Waals surface area contributed by atoms with Crippen LogP contribution in [0.4, 0.5) is 5.95 Å². The van der Waals surface area contributed by atoms with E-state index in [2.05, 4.69) is 30.8 Å². The Labute approximate surface area is 91.1 Å². The number of anilines is 1. The molecule has 4 nitrogen and oxygen atoms in total. The summed E-state index contributed by atoms with van der Waals surface area (Å²) in [5, 5.41) is 8.92. The maximum absolute atomic E-state index is 8.92. The molecule has 0 amide bonds. The van der Waals surface area contributed by atoms with Crippen LogP contribution in [0.25, 0.3) is 0 Å². The number of aromatic nitrogens is 2. The number of hydrogen-bond donors (Lipinski definition) is 1. The highest BCUT2D eigenvalue weighted by molar-refractivity contribution is 9.10. The summed E-state index contributed by atoms with van der Waals surface area (Å²) >= 11 is 3.29. The summed E-state index contributed by atoms with van der Waals surface area (Å²) < 4.78 is 0.876. The SMILES string of the molecule is OCCN(c1ncc(Br)cn1)C1CC1. The van der Waals surface area contributed by atoms with E-state index in [4.69, 9.17) is 5.11 Å². The van der Waals surface area contributed by atoms with Gasteiger partial charge in [0.05, 0.1) is 11.1 Å². The van der Waals surface area contributed by atoms with Crippen LogP contribution in [-0.2, 0) is 0 Å². The Hall–Kier alpha value is -0.680. The van der Waals surface area contributed by atoms with Gasteiger partial charge in [0.2, 0.25) is 5.95 Å². The molecule has 0 radical (unpaired) electrons. The van der Waals surface area contributed by atoms with Crippen LogP contribution in [0.2, 0.25) is 0 Å². The van der Waals surface area contributed by atoms with Gasteiger partial charge < -0.3 is 10.0 Å². The molecule has 0 spiro atoms. The predicted octanol–water partition coefficient (Wildman–Crippen LogP) is 1.20. The summed E-state index contributed by atoms with van der Waals surface area (Å²) in [6.07, 6.45) is 5.82. The van der Waals surface area contributed by atoms with Gasteiger partial charge in [-0.3, -0.25) is 0 Å². The van der Waals surface area contributed by atoms with Gasteiger partial charge in [0.25, 0.3) is 0 Å². The fraction of sp³-hybridized carbons (Fsp3) is 0.556. The van der Waals surface area contributed by atoms with Gasteiger partial charge in [-0.25, -0.2) is 9.97 Å². The third-order valence-electron chi connectivity index (χ3n) is 2.19. The second-order valence-electron chi connectivity index (χ2n) is 3.35. The Kier molecular flexibility index (Phi) is 2.98. The molecule has 5 heteroatoms. The largest absolute Gasteiger partial charge is 0.395 e. The van der Waals surface area contributed by atoms with E-state index in [0.717, 1.165) is 4.47 Å². The Morgan fingerprint density at radius 1 is 1.43 bits per heavy atom. The molecular weight excluding hydrogens is 246 g/mol. The average Bonchev–Trinajstić information content (AvgIpc) is 2.99. The van der Waals surface area contributed by atoms with Gasteiger partial charge >= 0.3 is 0 Å². The van der Waals surface area contributed by atoms with Gasteiger partial charge in [0.1, 0.15) is 0 Å². The van der Waals surface area contributed by atoms with Crippen molar-refractivity contribution in [3.63, 3.8) is 0 Å². The number of rotatable bonds is 4. The minimum atomic E-state index is 0.149. The smallest absolute Gasteiger partial charge is 0.225 e. The van der Waals surface area contributed by atoms with Gasteiger partial charge in [-0.15, -0.1) is 0 Å². The van der Waals surface area contributed by atoms with Crippen LogP contribution in [-0.4, -0.2) is 34.3 Å². The predicted molar refractivity (Wildman–Crippen MR) is 57.2 cm³/mol. The maximum Gasteiger partial charge on any atom is 0.225 e. The molecule has 0 aromatic carbocycles. The lowest BCUT2D eigenvalue weighted by Crippen LogP contribution is -2.30. The average molecular weight is 258 g/mol. The molecule has 1 saturated carbocycles. The second kappa shape index (κ2) is 4.23. The highest BCUT2D eigenvalue weighted by atomic mass is 79.9. The molecule has 76 valence electrons. The van der Waals surface area contributed by atoms with E-state index >= 15 is 0 Å². The molecule has 1 aromatic heterocycles. The molecule has 0 saturated heterocycles. The molecule has 2 rings (SSSR count). The van der Waals surface area contributed by atoms with Crippen LogP contribution in [0.3, 0.4) is 0 Å². The third kappa shape index (κ3) is 2.22. The summed E-state index contributed by atoms with van der Waals surface area (Å²) in [5.41, 5.74) is 0. The van der Waals surface area contributed by atoms with Crippen LogP contribution in [0.15, 0.2) is 16.9 Å². The van der Waals surface area contributed by atoms with Crippen LogP contribution in [0.1, 0.15) is 12.8 Å². The van der Waals surface area contributed by atoms with Crippen LogP contribution < -0.4 is 4.90 Å². The number of nitrogens with zero attached hydrogens (tertiary/aromatic N) is 3. The molecule has 1 heterocycles. The Bertz CT molecular complexity index is 299. The van der Waals surface area contributed by atoms with Gasteiger partial charge in [0, 0.05) is 25.0 Å². The molecule has 1 aromatic rings. The summed E-state index contributed by atoms with van der Waals surface area (Å²) in [6, 6.07) is 0.531. The zero-order chi connectivity index (χ0) is 9.97. The van der Waals surface area contributed by atoms with Crippen LogP contribution in [0, 0.1) is 0 Å². The lowest BCUT2D eigenvalue weighted by molar-refractivity contribution is 0.300. The lowest BCUT2D eigenvalue weighted by atomic mass is 10.5. The highest BCUT2D eigenvalue weighted by Crippen LogP contribution is 2.29. The normalized spacial score (nSPS) is 15.6. The van der Waals surface area contributed by atoms with Crippen molar-refractivity contribution in [2.24, 2.45) is 0 Å². The van der Waals surface area contributed by atoms with Crippen molar-refractivity contribution in [2.75, 3.05) is 18.1 Å². The first kappa shape index (κ1) is 9.86. The molecule has 0 atom stereocenters. The fourth-order valence-corrected chi connectivity index (χ4v) is 1.60.